The third-order valence-electron chi connectivity index (χ3n) is 4.87. The number of ether oxygens (including phenoxy) is 1. The Morgan fingerprint density at radius 1 is 1.39 bits per heavy atom. The van der Waals surface area contributed by atoms with Crippen molar-refractivity contribution in [2.75, 3.05) is 31.6 Å². The van der Waals surface area contributed by atoms with Gasteiger partial charge in [0.05, 0.1) is 18.6 Å². The fourth-order valence-corrected chi connectivity index (χ4v) is 3.37. The van der Waals surface area contributed by atoms with Crippen molar-refractivity contribution in [2.45, 2.75) is 45.6 Å². The van der Waals surface area contributed by atoms with Gasteiger partial charge in [0.1, 0.15) is 11.6 Å². The van der Waals surface area contributed by atoms with E-state index in [0.717, 1.165) is 43.3 Å². The molecule has 0 aliphatic carbocycles. The van der Waals surface area contributed by atoms with Gasteiger partial charge in [-0.05, 0) is 30.9 Å². The Hall–Kier alpha value is -2.41. The van der Waals surface area contributed by atoms with Crippen molar-refractivity contribution >= 4 is 11.7 Å². The van der Waals surface area contributed by atoms with Gasteiger partial charge in [0.15, 0.2) is 5.76 Å². The van der Waals surface area contributed by atoms with E-state index in [2.05, 4.69) is 36.0 Å². The molecule has 1 unspecified atom stereocenters. The Morgan fingerprint density at radius 2 is 2.21 bits per heavy atom. The molecule has 1 N–H and O–H groups in total. The molecule has 7 heteroatoms. The zero-order chi connectivity index (χ0) is 20.1. The van der Waals surface area contributed by atoms with E-state index in [1.54, 1.807) is 19.2 Å². The highest BCUT2D eigenvalue weighted by Crippen LogP contribution is 2.26. The van der Waals surface area contributed by atoms with Gasteiger partial charge in [-0.25, -0.2) is 9.97 Å². The van der Waals surface area contributed by atoms with Crippen LogP contribution in [0.5, 0.6) is 0 Å². The number of nitrogens with one attached hydrogen (secondary N) is 1. The lowest BCUT2D eigenvalue weighted by molar-refractivity contribution is 0.0918. The van der Waals surface area contributed by atoms with Crippen LogP contribution in [0.4, 0.5) is 5.82 Å². The highest BCUT2D eigenvalue weighted by Gasteiger charge is 2.25. The second-order valence-electron chi connectivity index (χ2n) is 8.37. The Balaban J connectivity index is 1.69. The van der Waals surface area contributed by atoms with Crippen molar-refractivity contribution in [3.63, 3.8) is 0 Å². The molecular weight excluding hydrogens is 356 g/mol. The standard InChI is InChI=1S/C21H30N4O3/c1-21(2,3)20-23-16(14-27-4)11-18(24-20)25-9-5-7-15(13-25)12-22-19(26)17-8-6-10-28-17/h6,8,10-11,15H,5,7,9,12-14H2,1-4H3,(H,22,26). The Bertz CT molecular complexity index is 783. The highest BCUT2D eigenvalue weighted by atomic mass is 16.5. The van der Waals surface area contributed by atoms with Gasteiger partial charge in [0.25, 0.3) is 5.91 Å². The number of carbonyl (C=O) groups excluding carboxylic acids is 1. The fraction of sp³-hybridized carbons (Fsp3) is 0.571. The predicted molar refractivity (Wildman–Crippen MR) is 107 cm³/mol. The van der Waals surface area contributed by atoms with E-state index in [4.69, 9.17) is 14.1 Å². The molecule has 3 rings (SSSR count). The van der Waals surface area contributed by atoms with Gasteiger partial charge in [-0.15, -0.1) is 0 Å². The molecule has 28 heavy (non-hydrogen) atoms. The van der Waals surface area contributed by atoms with E-state index < -0.39 is 0 Å². The number of nitrogens with zero attached hydrogens (tertiary/aromatic N) is 3. The van der Waals surface area contributed by atoms with Gasteiger partial charge < -0.3 is 19.4 Å². The van der Waals surface area contributed by atoms with Gasteiger partial charge in [-0.2, -0.15) is 0 Å². The summed E-state index contributed by atoms with van der Waals surface area (Å²) in [6.45, 7) is 9.25. The molecule has 1 atom stereocenters. The van der Waals surface area contributed by atoms with Gasteiger partial charge in [-0.1, -0.05) is 20.8 Å². The lowest BCUT2D eigenvalue weighted by atomic mass is 9.95. The second-order valence-corrected chi connectivity index (χ2v) is 8.37. The van der Waals surface area contributed by atoms with Crippen LogP contribution in [-0.4, -0.2) is 42.6 Å². The van der Waals surface area contributed by atoms with Crippen molar-refractivity contribution in [1.29, 1.82) is 0 Å². The first-order valence-corrected chi connectivity index (χ1v) is 9.81. The second kappa shape index (κ2) is 8.73. The molecule has 2 aromatic rings. The molecule has 3 heterocycles. The number of amides is 1. The molecule has 1 fully saturated rings. The van der Waals surface area contributed by atoms with E-state index in [-0.39, 0.29) is 11.3 Å². The molecule has 2 aromatic heterocycles. The van der Waals surface area contributed by atoms with E-state index in [0.29, 0.717) is 24.8 Å². The summed E-state index contributed by atoms with van der Waals surface area (Å²) in [5, 5.41) is 2.98. The molecule has 1 aliphatic rings. The van der Waals surface area contributed by atoms with Crippen LogP contribution >= 0.6 is 0 Å². The number of carbonyl (C=O) groups is 1. The van der Waals surface area contributed by atoms with E-state index in [1.165, 1.54) is 6.26 Å². The quantitative estimate of drug-likeness (QED) is 0.821. The molecule has 7 nitrogen and oxygen atoms in total. The summed E-state index contributed by atoms with van der Waals surface area (Å²) in [5.41, 5.74) is 0.760. The van der Waals surface area contributed by atoms with Crippen molar-refractivity contribution in [2.24, 2.45) is 5.92 Å². The molecule has 1 aliphatic heterocycles. The minimum Gasteiger partial charge on any atom is -0.459 e. The van der Waals surface area contributed by atoms with Crippen molar-refractivity contribution in [3.8, 4) is 0 Å². The fourth-order valence-electron chi connectivity index (χ4n) is 3.37. The van der Waals surface area contributed by atoms with Gasteiger partial charge >= 0.3 is 0 Å². The zero-order valence-corrected chi connectivity index (χ0v) is 17.2. The third kappa shape index (κ3) is 5.10. The van der Waals surface area contributed by atoms with Crippen LogP contribution in [0.2, 0.25) is 0 Å². The topological polar surface area (TPSA) is 80.5 Å². The van der Waals surface area contributed by atoms with Gasteiger partial charge in [0, 0.05) is 38.2 Å². The third-order valence-corrected chi connectivity index (χ3v) is 4.87. The number of methoxy groups -OCH3 is 1. The average Bonchev–Trinajstić information content (AvgIpc) is 3.20. The van der Waals surface area contributed by atoms with Crippen LogP contribution < -0.4 is 10.2 Å². The van der Waals surface area contributed by atoms with Crippen LogP contribution in [0.25, 0.3) is 0 Å². The predicted octanol–water partition coefficient (Wildman–Crippen LogP) is 3.16. The van der Waals surface area contributed by atoms with Crippen LogP contribution in [0.1, 0.15) is 55.7 Å². The molecule has 0 saturated carbocycles. The number of anilines is 1. The lowest BCUT2D eigenvalue weighted by Gasteiger charge is -2.34. The lowest BCUT2D eigenvalue weighted by Crippen LogP contribution is -2.41. The van der Waals surface area contributed by atoms with Gasteiger partial charge in [-0.3, -0.25) is 4.79 Å². The first-order chi connectivity index (χ1) is 13.4. The van der Waals surface area contributed by atoms with Crippen LogP contribution in [0.15, 0.2) is 28.9 Å². The minimum atomic E-state index is -0.165. The molecular formula is C21H30N4O3. The van der Waals surface area contributed by atoms with E-state index >= 15 is 0 Å². The smallest absolute Gasteiger partial charge is 0.286 e. The van der Waals surface area contributed by atoms with E-state index in [1.807, 2.05) is 6.07 Å². The number of furan rings is 1. The van der Waals surface area contributed by atoms with Crippen LogP contribution in [0.3, 0.4) is 0 Å². The summed E-state index contributed by atoms with van der Waals surface area (Å²) in [6, 6.07) is 5.41. The zero-order valence-electron chi connectivity index (χ0n) is 17.2. The summed E-state index contributed by atoms with van der Waals surface area (Å²) in [6.07, 6.45) is 3.66. The maximum Gasteiger partial charge on any atom is 0.286 e. The Morgan fingerprint density at radius 3 is 2.89 bits per heavy atom. The molecule has 0 bridgehead atoms. The number of hydrogen-bond donors (Lipinski definition) is 1. The van der Waals surface area contributed by atoms with Gasteiger partial charge in [0.2, 0.25) is 0 Å². The Labute approximate surface area is 166 Å². The molecule has 0 radical (unpaired) electrons. The summed E-state index contributed by atoms with van der Waals surface area (Å²) in [4.78, 5) is 23.9. The van der Waals surface area contributed by atoms with Crippen LogP contribution in [0, 0.1) is 5.92 Å². The monoisotopic (exact) mass is 386 g/mol. The molecule has 0 aromatic carbocycles. The summed E-state index contributed by atoms with van der Waals surface area (Å²) < 4.78 is 10.4. The first-order valence-electron chi connectivity index (χ1n) is 9.81. The van der Waals surface area contributed by atoms with Crippen molar-refractivity contribution in [3.05, 3.63) is 41.7 Å². The van der Waals surface area contributed by atoms with Crippen molar-refractivity contribution in [1.82, 2.24) is 15.3 Å². The number of piperidine rings is 1. The summed E-state index contributed by atoms with van der Waals surface area (Å²) in [5.74, 6) is 2.31. The minimum absolute atomic E-state index is 0.134. The molecule has 0 spiro atoms. The molecule has 1 amide bonds. The average molecular weight is 386 g/mol. The number of rotatable bonds is 6. The number of aromatic nitrogens is 2. The highest BCUT2D eigenvalue weighted by molar-refractivity contribution is 5.91. The normalized spacial score (nSPS) is 17.6. The molecule has 152 valence electrons. The largest absolute Gasteiger partial charge is 0.459 e. The SMILES string of the molecule is COCc1cc(N2CCCC(CNC(=O)c3ccco3)C2)nc(C(C)(C)C)n1. The maximum absolute atomic E-state index is 12.1. The van der Waals surface area contributed by atoms with Crippen molar-refractivity contribution < 1.29 is 13.9 Å². The van der Waals surface area contributed by atoms with E-state index in [9.17, 15) is 4.79 Å². The molecule has 1 saturated heterocycles. The summed E-state index contributed by atoms with van der Waals surface area (Å²) in [7, 11) is 1.68. The Kier molecular flexibility index (Phi) is 6.34. The number of hydrogen-bond acceptors (Lipinski definition) is 6. The first kappa shape index (κ1) is 20.3. The van der Waals surface area contributed by atoms with Crippen LogP contribution in [-0.2, 0) is 16.8 Å². The summed E-state index contributed by atoms with van der Waals surface area (Å²) >= 11 is 0. The maximum atomic E-state index is 12.1.